The van der Waals surface area contributed by atoms with Crippen LogP contribution in [0.2, 0.25) is 0 Å². The van der Waals surface area contributed by atoms with Gasteiger partial charge in [0.1, 0.15) is 5.60 Å². The fourth-order valence-electron chi connectivity index (χ4n) is 4.73. The molecule has 1 fully saturated rings. The van der Waals surface area contributed by atoms with Crippen molar-refractivity contribution in [2.24, 2.45) is 0 Å². The van der Waals surface area contributed by atoms with Gasteiger partial charge in [-0.05, 0) is 30.0 Å². The highest BCUT2D eigenvalue weighted by Gasteiger charge is 2.32. The summed E-state index contributed by atoms with van der Waals surface area (Å²) in [6.07, 6.45) is 9.65. The molecule has 0 saturated carbocycles. The number of hydrogen-bond donors (Lipinski definition) is 2. The number of pyridine rings is 1. The molecule has 0 bridgehead atoms. The number of urea groups is 1. The molecule has 7 nitrogen and oxygen atoms in total. The number of hydrogen-bond acceptors (Lipinski definition) is 5. The average Bonchev–Trinajstić information content (AvgIpc) is 2.91. The van der Waals surface area contributed by atoms with E-state index in [1.165, 1.54) is 0 Å². The summed E-state index contributed by atoms with van der Waals surface area (Å²) in [6, 6.07) is 15.7. The predicted octanol–water partition coefficient (Wildman–Crippen LogP) is 4.76. The maximum absolute atomic E-state index is 12.9. The van der Waals surface area contributed by atoms with Crippen LogP contribution in [0, 0.1) is 0 Å². The second-order valence-corrected chi connectivity index (χ2v) is 9.34. The van der Waals surface area contributed by atoms with E-state index in [4.69, 9.17) is 14.5 Å². The number of fused-ring (bicyclic) bond motifs is 1. The highest BCUT2D eigenvalue weighted by molar-refractivity contribution is 6.07. The number of methoxy groups -OCH3 is 1. The molecule has 2 aromatic carbocycles. The number of nitrogens with one attached hydrogen (secondary N) is 2. The Morgan fingerprint density at radius 3 is 2.67 bits per heavy atom. The maximum atomic E-state index is 12.9. The zero-order valence-electron chi connectivity index (χ0n) is 20.7. The monoisotopic (exact) mass is 484 g/mol. The van der Waals surface area contributed by atoms with Gasteiger partial charge in [0.2, 0.25) is 0 Å². The quantitative estimate of drug-likeness (QED) is 0.528. The number of amides is 2. The molecule has 2 atom stereocenters. The van der Waals surface area contributed by atoms with Crippen molar-refractivity contribution in [1.82, 2.24) is 15.2 Å². The molecule has 1 aliphatic carbocycles. The highest BCUT2D eigenvalue weighted by Crippen LogP contribution is 2.33. The Morgan fingerprint density at radius 1 is 1.11 bits per heavy atom. The van der Waals surface area contributed by atoms with E-state index in [1.807, 2.05) is 67.8 Å². The summed E-state index contributed by atoms with van der Waals surface area (Å²) < 4.78 is 11.1. The number of morpholine rings is 1. The summed E-state index contributed by atoms with van der Waals surface area (Å²) in [5, 5.41) is 8.08. The normalized spacial score (nSPS) is 22.0. The average molecular weight is 485 g/mol. The first-order valence-electron chi connectivity index (χ1n) is 12.3. The van der Waals surface area contributed by atoms with E-state index in [2.05, 4.69) is 33.7 Å². The minimum Gasteiger partial charge on any atom is -0.379 e. The van der Waals surface area contributed by atoms with Gasteiger partial charge < -0.3 is 20.1 Å². The van der Waals surface area contributed by atoms with E-state index in [1.54, 1.807) is 7.11 Å². The second kappa shape index (κ2) is 10.6. The SMILES string of the molecule is COC1(C)C=CC=CC1NC(=O)Nc1ccc(-c2ccc(CN3CCOCC3)nc2)c2ccccc12. The zero-order chi connectivity index (χ0) is 25.0. The number of rotatable bonds is 6. The second-order valence-electron chi connectivity index (χ2n) is 9.34. The van der Waals surface area contributed by atoms with Gasteiger partial charge in [0.05, 0.1) is 30.6 Å². The Balaban J connectivity index is 1.34. The number of carbonyl (C=O) groups is 1. The topological polar surface area (TPSA) is 75.7 Å². The lowest BCUT2D eigenvalue weighted by Gasteiger charge is -2.34. The fourth-order valence-corrected chi connectivity index (χ4v) is 4.73. The van der Waals surface area contributed by atoms with Crippen molar-refractivity contribution < 1.29 is 14.3 Å². The minimum atomic E-state index is -0.598. The molecule has 36 heavy (non-hydrogen) atoms. The van der Waals surface area contributed by atoms with E-state index in [0.29, 0.717) is 0 Å². The van der Waals surface area contributed by atoms with Gasteiger partial charge in [0.15, 0.2) is 0 Å². The van der Waals surface area contributed by atoms with E-state index >= 15 is 0 Å². The number of allylic oxidation sites excluding steroid dienone is 2. The van der Waals surface area contributed by atoms with Crippen molar-refractivity contribution in [3.05, 3.63) is 84.7 Å². The van der Waals surface area contributed by atoms with E-state index in [9.17, 15) is 4.79 Å². The van der Waals surface area contributed by atoms with Gasteiger partial charge in [-0.25, -0.2) is 4.79 Å². The maximum Gasteiger partial charge on any atom is 0.319 e. The lowest BCUT2D eigenvalue weighted by Crippen LogP contribution is -2.51. The van der Waals surface area contributed by atoms with Crippen LogP contribution in [0.25, 0.3) is 21.9 Å². The van der Waals surface area contributed by atoms with Crippen molar-refractivity contribution in [2.45, 2.75) is 25.1 Å². The molecule has 186 valence electrons. The van der Waals surface area contributed by atoms with Crippen LogP contribution in [-0.4, -0.2) is 61.0 Å². The van der Waals surface area contributed by atoms with Crippen molar-refractivity contribution in [2.75, 3.05) is 38.7 Å². The molecule has 1 saturated heterocycles. The first-order valence-corrected chi connectivity index (χ1v) is 12.3. The number of ether oxygens (including phenoxy) is 2. The molecule has 2 heterocycles. The zero-order valence-corrected chi connectivity index (χ0v) is 20.7. The molecule has 7 heteroatoms. The van der Waals surface area contributed by atoms with Gasteiger partial charge in [-0.1, -0.05) is 60.7 Å². The first-order chi connectivity index (χ1) is 17.6. The van der Waals surface area contributed by atoms with Crippen LogP contribution in [0.4, 0.5) is 10.5 Å². The van der Waals surface area contributed by atoms with Crippen LogP contribution >= 0.6 is 0 Å². The summed E-state index contributed by atoms with van der Waals surface area (Å²) >= 11 is 0. The predicted molar refractivity (Wildman–Crippen MR) is 143 cm³/mol. The summed E-state index contributed by atoms with van der Waals surface area (Å²) in [6.45, 7) is 6.22. The van der Waals surface area contributed by atoms with E-state index < -0.39 is 5.60 Å². The van der Waals surface area contributed by atoms with Crippen molar-refractivity contribution >= 4 is 22.5 Å². The molecule has 2 N–H and O–H groups in total. The third-order valence-electron chi connectivity index (χ3n) is 6.98. The van der Waals surface area contributed by atoms with Crippen LogP contribution in [0.3, 0.4) is 0 Å². The largest absolute Gasteiger partial charge is 0.379 e. The van der Waals surface area contributed by atoms with Gasteiger partial charge in [0.25, 0.3) is 0 Å². The van der Waals surface area contributed by atoms with Gasteiger partial charge in [-0.3, -0.25) is 9.88 Å². The Morgan fingerprint density at radius 2 is 1.92 bits per heavy atom. The van der Waals surface area contributed by atoms with E-state index in [0.717, 1.165) is 66.1 Å². The van der Waals surface area contributed by atoms with Crippen LogP contribution in [0.5, 0.6) is 0 Å². The lowest BCUT2D eigenvalue weighted by molar-refractivity contribution is 0.0305. The number of carbonyl (C=O) groups excluding carboxylic acids is 1. The summed E-state index contributed by atoms with van der Waals surface area (Å²) in [5.74, 6) is 0. The van der Waals surface area contributed by atoms with Crippen molar-refractivity contribution in [1.29, 1.82) is 0 Å². The van der Waals surface area contributed by atoms with Gasteiger partial charge in [0, 0.05) is 43.9 Å². The van der Waals surface area contributed by atoms with Gasteiger partial charge in [-0.15, -0.1) is 0 Å². The van der Waals surface area contributed by atoms with Crippen molar-refractivity contribution in [3.63, 3.8) is 0 Å². The third kappa shape index (κ3) is 5.18. The molecule has 1 aliphatic heterocycles. The summed E-state index contributed by atoms with van der Waals surface area (Å²) in [4.78, 5) is 20.0. The van der Waals surface area contributed by atoms with Crippen LogP contribution < -0.4 is 10.6 Å². The Hall–Kier alpha value is -3.52. The molecule has 5 rings (SSSR count). The molecule has 3 aromatic rings. The van der Waals surface area contributed by atoms with Crippen molar-refractivity contribution in [3.8, 4) is 11.1 Å². The fraction of sp³-hybridized carbons (Fsp3) is 0.310. The lowest BCUT2D eigenvalue weighted by atomic mass is 9.92. The highest BCUT2D eigenvalue weighted by atomic mass is 16.5. The smallest absolute Gasteiger partial charge is 0.319 e. The number of anilines is 1. The van der Waals surface area contributed by atoms with Gasteiger partial charge in [-0.2, -0.15) is 0 Å². The Bertz CT molecular complexity index is 1280. The molecule has 0 radical (unpaired) electrons. The first kappa shape index (κ1) is 24.2. The standard InChI is InChI=1S/C29H32N4O3/c1-29(35-2)14-6-5-9-27(29)32-28(34)31-26-13-12-23(24-7-3-4-8-25(24)26)21-10-11-22(30-19-21)20-33-15-17-36-18-16-33/h3-14,19,27H,15-18,20H2,1-2H3,(H2,31,32,34). The molecule has 2 amide bonds. The minimum absolute atomic E-state index is 0.278. The molecule has 2 aliphatic rings. The number of nitrogens with zero attached hydrogens (tertiary/aromatic N) is 2. The summed E-state index contributed by atoms with van der Waals surface area (Å²) in [7, 11) is 1.65. The summed E-state index contributed by atoms with van der Waals surface area (Å²) in [5.41, 5.74) is 3.32. The Labute approximate surface area is 211 Å². The Kier molecular flexibility index (Phi) is 7.13. The van der Waals surface area contributed by atoms with Crippen LogP contribution in [0.15, 0.2) is 79.0 Å². The van der Waals surface area contributed by atoms with Gasteiger partial charge >= 0.3 is 6.03 Å². The van der Waals surface area contributed by atoms with E-state index in [-0.39, 0.29) is 12.1 Å². The number of aromatic nitrogens is 1. The molecular weight excluding hydrogens is 452 g/mol. The molecule has 2 unspecified atom stereocenters. The molecule has 0 spiro atoms. The molecule has 1 aromatic heterocycles. The molecular formula is C29H32N4O3. The number of benzene rings is 2. The van der Waals surface area contributed by atoms with Crippen LogP contribution in [0.1, 0.15) is 12.6 Å². The van der Waals surface area contributed by atoms with Crippen LogP contribution in [-0.2, 0) is 16.0 Å². The third-order valence-corrected chi connectivity index (χ3v) is 6.98.